The Morgan fingerprint density at radius 1 is 1.25 bits per heavy atom. The predicted octanol–water partition coefficient (Wildman–Crippen LogP) is 4.21. The SMILES string of the molecule is CCCN(CCC(=O)Nc1c(Cl)cccc1Cl)C1CCNCC1.Cl. The Hall–Kier alpha value is -0.520. The van der Waals surface area contributed by atoms with Gasteiger partial charge in [-0.15, -0.1) is 12.4 Å². The van der Waals surface area contributed by atoms with Gasteiger partial charge >= 0.3 is 0 Å². The highest BCUT2D eigenvalue weighted by Gasteiger charge is 2.21. The number of carbonyl (C=O) groups excluding carboxylic acids is 1. The minimum atomic E-state index is -0.0463. The Kier molecular flexibility index (Phi) is 10.0. The molecule has 1 aliphatic rings. The zero-order valence-corrected chi connectivity index (χ0v) is 16.3. The Morgan fingerprint density at radius 3 is 2.46 bits per heavy atom. The minimum Gasteiger partial charge on any atom is -0.324 e. The number of hydrogen-bond acceptors (Lipinski definition) is 3. The number of halogens is 3. The van der Waals surface area contributed by atoms with Crippen molar-refractivity contribution >= 4 is 47.2 Å². The molecule has 0 unspecified atom stereocenters. The second kappa shape index (κ2) is 11.2. The molecule has 7 heteroatoms. The summed E-state index contributed by atoms with van der Waals surface area (Å²) in [4.78, 5) is 14.7. The second-order valence-corrected chi connectivity index (χ2v) is 6.73. The zero-order valence-electron chi connectivity index (χ0n) is 14.0. The number of benzene rings is 1. The Balaban J connectivity index is 0.00000288. The van der Waals surface area contributed by atoms with Crippen LogP contribution in [-0.4, -0.2) is 43.0 Å². The van der Waals surface area contributed by atoms with Crippen LogP contribution in [0.2, 0.25) is 10.0 Å². The molecule has 0 spiro atoms. The van der Waals surface area contributed by atoms with E-state index >= 15 is 0 Å². The van der Waals surface area contributed by atoms with Gasteiger partial charge in [0, 0.05) is 19.0 Å². The fourth-order valence-electron chi connectivity index (χ4n) is 3.00. The number of piperidine rings is 1. The van der Waals surface area contributed by atoms with E-state index in [1.54, 1.807) is 18.2 Å². The third kappa shape index (κ3) is 6.41. The van der Waals surface area contributed by atoms with Crippen molar-refractivity contribution in [3.8, 4) is 0 Å². The van der Waals surface area contributed by atoms with Crippen LogP contribution in [0.4, 0.5) is 5.69 Å². The maximum atomic E-state index is 12.2. The van der Waals surface area contributed by atoms with Gasteiger partial charge in [0.15, 0.2) is 0 Å². The van der Waals surface area contributed by atoms with E-state index in [0.29, 0.717) is 28.2 Å². The summed E-state index contributed by atoms with van der Waals surface area (Å²) in [5.41, 5.74) is 0.504. The van der Waals surface area contributed by atoms with Gasteiger partial charge in [-0.2, -0.15) is 0 Å². The Labute approximate surface area is 160 Å². The molecule has 0 radical (unpaired) electrons. The molecule has 0 saturated carbocycles. The molecular formula is C17H26Cl3N3O. The number of amides is 1. The maximum absolute atomic E-state index is 12.2. The molecule has 1 saturated heterocycles. The van der Waals surface area contributed by atoms with Crippen molar-refractivity contribution in [2.45, 2.75) is 38.6 Å². The number of nitrogens with one attached hydrogen (secondary N) is 2. The molecule has 1 aromatic rings. The first-order valence-corrected chi connectivity index (χ1v) is 9.06. The van der Waals surface area contributed by atoms with Gasteiger partial charge in [-0.1, -0.05) is 36.2 Å². The van der Waals surface area contributed by atoms with E-state index in [4.69, 9.17) is 23.2 Å². The van der Waals surface area contributed by atoms with E-state index in [2.05, 4.69) is 22.5 Å². The number of anilines is 1. The van der Waals surface area contributed by atoms with Crippen molar-refractivity contribution in [3.63, 3.8) is 0 Å². The first-order chi connectivity index (χ1) is 11.1. The molecule has 1 aliphatic heterocycles. The largest absolute Gasteiger partial charge is 0.324 e. The molecule has 4 nitrogen and oxygen atoms in total. The number of para-hydroxylation sites is 1. The van der Waals surface area contributed by atoms with Crippen molar-refractivity contribution in [1.29, 1.82) is 0 Å². The van der Waals surface area contributed by atoms with E-state index in [9.17, 15) is 4.79 Å². The molecule has 1 amide bonds. The summed E-state index contributed by atoms with van der Waals surface area (Å²) in [5.74, 6) is -0.0463. The molecular weight excluding hydrogens is 369 g/mol. The molecule has 1 fully saturated rings. The summed E-state index contributed by atoms with van der Waals surface area (Å²) in [6.07, 6.45) is 3.85. The molecule has 0 bridgehead atoms. The number of hydrogen-bond donors (Lipinski definition) is 2. The molecule has 0 aromatic heterocycles. The summed E-state index contributed by atoms with van der Waals surface area (Å²) in [5, 5.41) is 7.16. The third-order valence-electron chi connectivity index (χ3n) is 4.19. The first kappa shape index (κ1) is 21.5. The van der Waals surface area contributed by atoms with Crippen LogP contribution in [0.15, 0.2) is 18.2 Å². The van der Waals surface area contributed by atoms with Gasteiger partial charge < -0.3 is 10.6 Å². The average molecular weight is 395 g/mol. The van der Waals surface area contributed by atoms with Crippen LogP contribution in [-0.2, 0) is 4.79 Å². The average Bonchev–Trinajstić information content (AvgIpc) is 2.56. The van der Waals surface area contributed by atoms with Gasteiger partial charge in [-0.25, -0.2) is 0 Å². The lowest BCUT2D eigenvalue weighted by Gasteiger charge is -2.34. The lowest BCUT2D eigenvalue weighted by atomic mass is 10.0. The Bertz CT molecular complexity index is 502. The van der Waals surface area contributed by atoms with Gasteiger partial charge in [-0.05, 0) is 51.0 Å². The van der Waals surface area contributed by atoms with Crippen LogP contribution < -0.4 is 10.6 Å². The van der Waals surface area contributed by atoms with Gasteiger partial charge in [0.2, 0.25) is 5.91 Å². The lowest BCUT2D eigenvalue weighted by Crippen LogP contribution is -2.44. The molecule has 0 aliphatic carbocycles. The van der Waals surface area contributed by atoms with Gasteiger partial charge in [-0.3, -0.25) is 9.69 Å². The van der Waals surface area contributed by atoms with E-state index in [1.807, 2.05) is 0 Å². The van der Waals surface area contributed by atoms with E-state index in [-0.39, 0.29) is 18.3 Å². The first-order valence-electron chi connectivity index (χ1n) is 8.30. The van der Waals surface area contributed by atoms with Gasteiger partial charge in [0.05, 0.1) is 15.7 Å². The summed E-state index contributed by atoms with van der Waals surface area (Å²) >= 11 is 12.2. The molecule has 136 valence electrons. The van der Waals surface area contributed by atoms with Crippen LogP contribution in [0, 0.1) is 0 Å². The van der Waals surface area contributed by atoms with Crippen LogP contribution in [0.3, 0.4) is 0 Å². The fourth-order valence-corrected chi connectivity index (χ4v) is 3.49. The highest BCUT2D eigenvalue weighted by atomic mass is 35.5. The standard InChI is InChI=1S/C17H25Cl2N3O.ClH/c1-2-11-22(13-6-9-20-10-7-13)12-8-16(23)21-17-14(18)4-3-5-15(17)19;/h3-5,13,20H,2,6-12H2,1H3,(H,21,23);1H. The molecule has 0 atom stereocenters. The van der Waals surface area contributed by atoms with Crippen LogP contribution in [0.5, 0.6) is 0 Å². The third-order valence-corrected chi connectivity index (χ3v) is 4.82. The maximum Gasteiger partial charge on any atom is 0.225 e. The topological polar surface area (TPSA) is 44.4 Å². The monoisotopic (exact) mass is 393 g/mol. The van der Waals surface area contributed by atoms with Crippen LogP contribution >= 0.6 is 35.6 Å². The van der Waals surface area contributed by atoms with Crippen LogP contribution in [0.25, 0.3) is 0 Å². The lowest BCUT2D eigenvalue weighted by molar-refractivity contribution is -0.116. The molecule has 2 N–H and O–H groups in total. The minimum absolute atomic E-state index is 0. The second-order valence-electron chi connectivity index (χ2n) is 5.91. The van der Waals surface area contributed by atoms with Crippen molar-refractivity contribution in [2.75, 3.05) is 31.5 Å². The van der Waals surface area contributed by atoms with Crippen molar-refractivity contribution in [2.24, 2.45) is 0 Å². The summed E-state index contributed by atoms with van der Waals surface area (Å²) in [6, 6.07) is 5.79. The van der Waals surface area contributed by atoms with Gasteiger partial charge in [0.25, 0.3) is 0 Å². The highest BCUT2D eigenvalue weighted by molar-refractivity contribution is 6.39. The number of rotatable bonds is 7. The molecule has 1 aromatic carbocycles. The molecule has 24 heavy (non-hydrogen) atoms. The van der Waals surface area contributed by atoms with Crippen molar-refractivity contribution < 1.29 is 4.79 Å². The number of nitrogens with zero attached hydrogens (tertiary/aromatic N) is 1. The van der Waals surface area contributed by atoms with Crippen molar-refractivity contribution in [1.82, 2.24) is 10.2 Å². The summed E-state index contributed by atoms with van der Waals surface area (Å²) in [6.45, 7) is 6.10. The van der Waals surface area contributed by atoms with Crippen LogP contribution in [0.1, 0.15) is 32.6 Å². The summed E-state index contributed by atoms with van der Waals surface area (Å²) in [7, 11) is 0. The zero-order chi connectivity index (χ0) is 16.7. The van der Waals surface area contributed by atoms with E-state index < -0.39 is 0 Å². The Morgan fingerprint density at radius 2 is 1.88 bits per heavy atom. The summed E-state index contributed by atoms with van der Waals surface area (Å²) < 4.78 is 0. The number of carbonyl (C=O) groups is 1. The highest BCUT2D eigenvalue weighted by Crippen LogP contribution is 2.29. The van der Waals surface area contributed by atoms with Crippen molar-refractivity contribution in [3.05, 3.63) is 28.2 Å². The normalized spacial score (nSPS) is 15.2. The smallest absolute Gasteiger partial charge is 0.225 e. The molecule has 1 heterocycles. The van der Waals surface area contributed by atoms with E-state index in [0.717, 1.165) is 45.4 Å². The van der Waals surface area contributed by atoms with Gasteiger partial charge in [0.1, 0.15) is 0 Å². The molecule has 2 rings (SSSR count). The van der Waals surface area contributed by atoms with E-state index in [1.165, 1.54) is 0 Å². The predicted molar refractivity (Wildman–Crippen MR) is 105 cm³/mol. The fraction of sp³-hybridized carbons (Fsp3) is 0.588. The quantitative estimate of drug-likeness (QED) is 0.728.